The molecular weight excluding hydrogens is 341 g/mol. The normalized spacial score (nSPS) is 20.1. The fourth-order valence-corrected chi connectivity index (χ4v) is 3.40. The van der Waals surface area contributed by atoms with Crippen molar-refractivity contribution in [3.8, 4) is 0 Å². The molecule has 0 amide bonds. The molecule has 0 saturated carbocycles. The Morgan fingerprint density at radius 2 is 1.55 bits per heavy atom. The molecule has 2 fully saturated rings. The molecule has 0 aliphatic carbocycles. The minimum Gasteiger partial charge on any atom is -0.369 e. The maximum absolute atomic E-state index is 5.95. The first-order chi connectivity index (χ1) is 9.81. The number of piperazine rings is 1. The third kappa shape index (κ3) is 5.47. The number of benzene rings is 1. The van der Waals surface area contributed by atoms with E-state index in [0.29, 0.717) is 0 Å². The average Bonchev–Trinajstić information content (AvgIpc) is 2.50. The lowest BCUT2D eigenvalue weighted by Crippen LogP contribution is -2.48. The number of nitrogens with one attached hydrogen (secondary N) is 1. The highest BCUT2D eigenvalue weighted by Crippen LogP contribution is 2.20. The second kappa shape index (κ2) is 9.84. The van der Waals surface area contributed by atoms with E-state index < -0.39 is 0 Å². The molecule has 0 spiro atoms. The second-order valence-electron chi connectivity index (χ2n) is 5.96. The van der Waals surface area contributed by atoms with Crippen LogP contribution < -0.4 is 10.2 Å². The first-order valence-corrected chi connectivity index (χ1v) is 8.12. The van der Waals surface area contributed by atoms with Crippen LogP contribution in [0.5, 0.6) is 0 Å². The molecule has 2 heterocycles. The maximum atomic E-state index is 5.95. The minimum absolute atomic E-state index is 0. The number of anilines is 1. The van der Waals surface area contributed by atoms with E-state index in [1.165, 1.54) is 51.3 Å². The Balaban J connectivity index is 0.00000121. The summed E-state index contributed by atoms with van der Waals surface area (Å²) in [5.41, 5.74) is 1.30. The monoisotopic (exact) mass is 365 g/mol. The molecule has 2 saturated heterocycles. The van der Waals surface area contributed by atoms with Crippen molar-refractivity contribution in [2.45, 2.75) is 12.8 Å². The van der Waals surface area contributed by atoms with E-state index in [2.05, 4.69) is 27.2 Å². The van der Waals surface area contributed by atoms with Gasteiger partial charge < -0.3 is 10.2 Å². The van der Waals surface area contributed by atoms with Crippen molar-refractivity contribution < 1.29 is 0 Å². The number of piperidine rings is 1. The molecule has 0 bridgehead atoms. The quantitative estimate of drug-likeness (QED) is 0.885. The van der Waals surface area contributed by atoms with Gasteiger partial charge in [-0.1, -0.05) is 11.6 Å². The average molecular weight is 367 g/mol. The molecular formula is C16H26Cl3N3. The third-order valence-electron chi connectivity index (χ3n) is 4.54. The number of hydrogen-bond acceptors (Lipinski definition) is 3. The summed E-state index contributed by atoms with van der Waals surface area (Å²) in [5.74, 6) is 0.901. The van der Waals surface area contributed by atoms with Gasteiger partial charge in [0.15, 0.2) is 0 Å². The Labute approximate surface area is 151 Å². The Bertz CT molecular complexity index is 413. The predicted molar refractivity (Wildman–Crippen MR) is 100 cm³/mol. The van der Waals surface area contributed by atoms with Gasteiger partial charge in [-0.25, -0.2) is 0 Å². The second-order valence-corrected chi connectivity index (χ2v) is 6.39. The van der Waals surface area contributed by atoms with Crippen LogP contribution in [0.4, 0.5) is 5.69 Å². The van der Waals surface area contributed by atoms with Crippen LogP contribution in [-0.2, 0) is 0 Å². The standard InChI is InChI=1S/C16H24ClN3.2ClH/c17-15-1-3-16(4-2-15)20-11-9-19(10-12-20)13-14-5-7-18-8-6-14;;/h1-4,14,18H,5-13H2;2*1H. The maximum Gasteiger partial charge on any atom is 0.0407 e. The van der Waals surface area contributed by atoms with Gasteiger partial charge >= 0.3 is 0 Å². The van der Waals surface area contributed by atoms with E-state index >= 15 is 0 Å². The highest BCUT2D eigenvalue weighted by atomic mass is 35.5. The smallest absolute Gasteiger partial charge is 0.0407 e. The van der Waals surface area contributed by atoms with Gasteiger partial charge in [-0.2, -0.15) is 0 Å². The van der Waals surface area contributed by atoms with Crippen LogP contribution in [0.15, 0.2) is 24.3 Å². The van der Waals surface area contributed by atoms with E-state index in [1.807, 2.05) is 12.1 Å². The fourth-order valence-electron chi connectivity index (χ4n) is 3.27. The molecule has 3 nitrogen and oxygen atoms in total. The van der Waals surface area contributed by atoms with Gasteiger partial charge in [-0.3, -0.25) is 4.90 Å². The lowest BCUT2D eigenvalue weighted by atomic mass is 9.97. The van der Waals surface area contributed by atoms with Crippen molar-refractivity contribution in [3.05, 3.63) is 29.3 Å². The molecule has 6 heteroatoms. The Kier molecular flexibility index (Phi) is 8.88. The Morgan fingerprint density at radius 3 is 2.14 bits per heavy atom. The summed E-state index contributed by atoms with van der Waals surface area (Å²) in [5, 5.41) is 4.27. The predicted octanol–water partition coefficient (Wildman–Crippen LogP) is 3.31. The van der Waals surface area contributed by atoms with E-state index in [1.54, 1.807) is 0 Å². The molecule has 3 rings (SSSR count). The largest absolute Gasteiger partial charge is 0.369 e. The number of rotatable bonds is 3. The van der Waals surface area contributed by atoms with Gasteiger partial charge in [0.25, 0.3) is 0 Å². The molecule has 2 aliphatic heterocycles. The summed E-state index contributed by atoms with van der Waals surface area (Å²) in [6.45, 7) is 8.33. The number of hydrogen-bond donors (Lipinski definition) is 1. The summed E-state index contributed by atoms with van der Waals surface area (Å²) in [7, 11) is 0. The molecule has 1 aromatic rings. The molecule has 0 aromatic heterocycles. The lowest BCUT2D eigenvalue weighted by molar-refractivity contribution is 0.196. The first-order valence-electron chi connectivity index (χ1n) is 7.75. The molecule has 0 atom stereocenters. The van der Waals surface area contributed by atoms with Crippen molar-refractivity contribution in [2.75, 3.05) is 50.7 Å². The zero-order valence-electron chi connectivity index (χ0n) is 12.8. The number of halogens is 3. The third-order valence-corrected chi connectivity index (χ3v) is 4.79. The summed E-state index contributed by atoms with van der Waals surface area (Å²) in [4.78, 5) is 5.11. The first kappa shape index (κ1) is 19.9. The molecule has 22 heavy (non-hydrogen) atoms. The van der Waals surface area contributed by atoms with Crippen molar-refractivity contribution in [1.82, 2.24) is 10.2 Å². The fraction of sp³-hybridized carbons (Fsp3) is 0.625. The van der Waals surface area contributed by atoms with Gasteiger partial charge in [0.1, 0.15) is 0 Å². The van der Waals surface area contributed by atoms with Crippen LogP contribution in [0.3, 0.4) is 0 Å². The van der Waals surface area contributed by atoms with E-state index in [-0.39, 0.29) is 24.8 Å². The van der Waals surface area contributed by atoms with Crippen LogP contribution >= 0.6 is 36.4 Å². The zero-order valence-corrected chi connectivity index (χ0v) is 15.2. The Hall–Kier alpha value is -0.190. The molecule has 1 aromatic carbocycles. The zero-order chi connectivity index (χ0) is 13.8. The summed E-state index contributed by atoms with van der Waals surface area (Å²) < 4.78 is 0. The van der Waals surface area contributed by atoms with E-state index in [9.17, 15) is 0 Å². The minimum atomic E-state index is 0. The molecule has 2 aliphatic rings. The van der Waals surface area contributed by atoms with Crippen LogP contribution in [0.2, 0.25) is 5.02 Å². The molecule has 1 N–H and O–H groups in total. The lowest BCUT2D eigenvalue weighted by Gasteiger charge is -2.38. The van der Waals surface area contributed by atoms with Crippen LogP contribution in [-0.4, -0.2) is 50.7 Å². The van der Waals surface area contributed by atoms with Gasteiger partial charge in [0.2, 0.25) is 0 Å². The highest BCUT2D eigenvalue weighted by Gasteiger charge is 2.21. The van der Waals surface area contributed by atoms with Crippen molar-refractivity contribution >= 4 is 42.1 Å². The van der Waals surface area contributed by atoms with Crippen LogP contribution in [0, 0.1) is 5.92 Å². The van der Waals surface area contributed by atoms with Gasteiger partial charge in [0.05, 0.1) is 0 Å². The summed E-state index contributed by atoms with van der Waals surface area (Å²) in [6.07, 6.45) is 2.69. The van der Waals surface area contributed by atoms with Crippen molar-refractivity contribution in [3.63, 3.8) is 0 Å². The molecule has 0 unspecified atom stereocenters. The van der Waals surface area contributed by atoms with Crippen LogP contribution in [0.1, 0.15) is 12.8 Å². The van der Waals surface area contributed by atoms with Crippen LogP contribution in [0.25, 0.3) is 0 Å². The summed E-state index contributed by atoms with van der Waals surface area (Å²) >= 11 is 5.95. The Morgan fingerprint density at radius 1 is 0.955 bits per heavy atom. The topological polar surface area (TPSA) is 18.5 Å². The highest BCUT2D eigenvalue weighted by molar-refractivity contribution is 6.30. The van der Waals surface area contributed by atoms with E-state index in [0.717, 1.165) is 24.0 Å². The van der Waals surface area contributed by atoms with E-state index in [4.69, 9.17) is 11.6 Å². The molecule has 0 radical (unpaired) electrons. The number of nitrogens with zero attached hydrogens (tertiary/aromatic N) is 2. The van der Waals surface area contributed by atoms with Crippen molar-refractivity contribution in [1.29, 1.82) is 0 Å². The van der Waals surface area contributed by atoms with Crippen molar-refractivity contribution in [2.24, 2.45) is 5.92 Å². The molecule has 126 valence electrons. The van der Waals surface area contributed by atoms with Gasteiger partial charge in [-0.05, 0) is 56.1 Å². The van der Waals surface area contributed by atoms with Gasteiger partial charge in [-0.15, -0.1) is 24.8 Å². The summed E-state index contributed by atoms with van der Waals surface area (Å²) in [6, 6.07) is 8.23. The SMILES string of the molecule is Cl.Cl.Clc1ccc(N2CCN(CC3CCNCC3)CC2)cc1. The van der Waals surface area contributed by atoms with Gasteiger partial charge in [0, 0.05) is 43.4 Å².